The average Bonchev–Trinajstić information content (AvgIpc) is 2.91. The van der Waals surface area contributed by atoms with Gasteiger partial charge in [-0.25, -0.2) is 0 Å². The van der Waals surface area contributed by atoms with E-state index < -0.39 is 0 Å². The van der Waals surface area contributed by atoms with E-state index in [1.54, 1.807) is 13.1 Å². The molecule has 0 fully saturated rings. The molecule has 0 unspecified atom stereocenters. The van der Waals surface area contributed by atoms with Crippen LogP contribution in [0.5, 0.6) is 5.75 Å². The van der Waals surface area contributed by atoms with Gasteiger partial charge in [-0.05, 0) is 25.1 Å². The highest BCUT2D eigenvalue weighted by atomic mass is 16.5. The predicted molar refractivity (Wildman–Crippen MR) is 68.2 cm³/mol. The fraction of sp³-hybridized carbons (Fsp3) is 0.231. The molecule has 1 N–H and O–H groups in total. The van der Waals surface area contributed by atoms with E-state index in [1.807, 2.05) is 41.2 Å². The van der Waals surface area contributed by atoms with Gasteiger partial charge in [-0.2, -0.15) is 5.10 Å². The molecule has 1 heterocycles. The van der Waals surface area contributed by atoms with Gasteiger partial charge >= 0.3 is 0 Å². The van der Waals surface area contributed by atoms with Crippen molar-refractivity contribution in [1.82, 2.24) is 9.78 Å². The van der Waals surface area contributed by atoms with Crippen LogP contribution in [0.2, 0.25) is 0 Å². The molecule has 0 radical (unpaired) electrons. The van der Waals surface area contributed by atoms with Gasteiger partial charge in [0, 0.05) is 18.0 Å². The molecule has 0 spiro atoms. The van der Waals surface area contributed by atoms with Gasteiger partial charge in [0.05, 0.1) is 12.3 Å². The number of nitrogens with zero attached hydrogens (tertiary/aromatic N) is 3. The summed E-state index contributed by atoms with van der Waals surface area (Å²) < 4.78 is 7.43. The molecule has 0 saturated heterocycles. The zero-order chi connectivity index (χ0) is 12.8. The van der Waals surface area contributed by atoms with Crippen molar-refractivity contribution < 1.29 is 9.94 Å². The molecule has 0 atom stereocenters. The zero-order valence-electron chi connectivity index (χ0n) is 10.2. The van der Waals surface area contributed by atoms with Crippen molar-refractivity contribution in [2.75, 3.05) is 6.61 Å². The number of ether oxygens (including phenoxy) is 1. The molecule has 0 aliphatic heterocycles. The Morgan fingerprint density at radius 2 is 2.33 bits per heavy atom. The van der Waals surface area contributed by atoms with Crippen LogP contribution in [0.3, 0.4) is 0 Å². The third-order valence-electron chi connectivity index (χ3n) is 2.55. The third kappa shape index (κ3) is 3.10. The van der Waals surface area contributed by atoms with Crippen LogP contribution in [-0.2, 0) is 6.54 Å². The second kappa shape index (κ2) is 5.86. The summed E-state index contributed by atoms with van der Waals surface area (Å²) in [6.07, 6.45) is 3.63. The molecular formula is C13H15N3O2. The first-order valence-electron chi connectivity index (χ1n) is 5.69. The minimum Gasteiger partial charge on any atom is -0.492 e. The maximum absolute atomic E-state index is 8.72. The van der Waals surface area contributed by atoms with E-state index in [0.717, 1.165) is 11.3 Å². The number of aromatic nitrogens is 2. The topological polar surface area (TPSA) is 59.6 Å². The van der Waals surface area contributed by atoms with Gasteiger partial charge in [-0.3, -0.25) is 4.68 Å². The largest absolute Gasteiger partial charge is 0.492 e. The van der Waals surface area contributed by atoms with Gasteiger partial charge in [-0.1, -0.05) is 17.3 Å². The summed E-state index contributed by atoms with van der Waals surface area (Å²) in [6, 6.07) is 9.33. The van der Waals surface area contributed by atoms with E-state index in [1.165, 1.54) is 0 Å². The normalized spacial score (nSPS) is 11.5. The first kappa shape index (κ1) is 12.2. The van der Waals surface area contributed by atoms with Gasteiger partial charge in [-0.15, -0.1) is 0 Å². The summed E-state index contributed by atoms with van der Waals surface area (Å²) in [6.45, 7) is 2.98. The number of benzene rings is 1. The number of rotatable bonds is 5. The Morgan fingerprint density at radius 1 is 1.44 bits per heavy atom. The van der Waals surface area contributed by atoms with Crippen molar-refractivity contribution in [1.29, 1.82) is 0 Å². The third-order valence-corrected chi connectivity index (χ3v) is 2.55. The van der Waals surface area contributed by atoms with Gasteiger partial charge in [0.25, 0.3) is 0 Å². The Morgan fingerprint density at radius 3 is 3.06 bits per heavy atom. The van der Waals surface area contributed by atoms with Crippen LogP contribution >= 0.6 is 0 Å². The van der Waals surface area contributed by atoms with Gasteiger partial charge in [0.1, 0.15) is 12.4 Å². The van der Waals surface area contributed by atoms with Gasteiger partial charge in [0.2, 0.25) is 0 Å². The molecule has 0 bridgehead atoms. The molecule has 94 valence electrons. The number of hydrogen-bond acceptors (Lipinski definition) is 4. The maximum Gasteiger partial charge on any atom is 0.120 e. The molecule has 5 nitrogen and oxygen atoms in total. The van der Waals surface area contributed by atoms with Crippen LogP contribution in [0.1, 0.15) is 12.5 Å². The molecular weight excluding hydrogens is 230 g/mol. The van der Waals surface area contributed by atoms with E-state index in [2.05, 4.69) is 10.3 Å². The Kier molecular flexibility index (Phi) is 3.96. The average molecular weight is 245 g/mol. The lowest BCUT2D eigenvalue weighted by Gasteiger charge is -2.07. The number of oxime groups is 1. The molecule has 5 heteroatoms. The number of hydrogen-bond donors (Lipinski definition) is 1. The highest BCUT2D eigenvalue weighted by Crippen LogP contribution is 2.14. The Hall–Kier alpha value is -2.30. The molecule has 2 rings (SSSR count). The zero-order valence-corrected chi connectivity index (χ0v) is 10.2. The van der Waals surface area contributed by atoms with Crippen LogP contribution in [0, 0.1) is 0 Å². The van der Waals surface area contributed by atoms with Crippen molar-refractivity contribution in [2.45, 2.75) is 13.5 Å². The van der Waals surface area contributed by atoms with Crippen LogP contribution < -0.4 is 4.74 Å². The Balaban J connectivity index is 1.93. The van der Waals surface area contributed by atoms with Crippen molar-refractivity contribution in [3.63, 3.8) is 0 Å². The smallest absolute Gasteiger partial charge is 0.120 e. The molecule has 2 aromatic rings. The second-order valence-electron chi connectivity index (χ2n) is 3.83. The lowest BCUT2D eigenvalue weighted by Crippen LogP contribution is -2.08. The summed E-state index contributed by atoms with van der Waals surface area (Å²) in [5.41, 5.74) is 1.40. The van der Waals surface area contributed by atoms with Crippen LogP contribution in [0.4, 0.5) is 0 Å². The first-order chi connectivity index (χ1) is 8.79. The van der Waals surface area contributed by atoms with Crippen molar-refractivity contribution in [3.05, 3.63) is 48.3 Å². The van der Waals surface area contributed by atoms with Gasteiger partial charge < -0.3 is 9.94 Å². The summed E-state index contributed by atoms with van der Waals surface area (Å²) in [7, 11) is 0. The fourth-order valence-electron chi connectivity index (χ4n) is 1.56. The van der Waals surface area contributed by atoms with Crippen molar-refractivity contribution in [3.8, 4) is 5.75 Å². The van der Waals surface area contributed by atoms with E-state index >= 15 is 0 Å². The van der Waals surface area contributed by atoms with E-state index in [-0.39, 0.29) is 0 Å². The Labute approximate surface area is 105 Å². The lowest BCUT2D eigenvalue weighted by atomic mass is 10.1. The van der Waals surface area contributed by atoms with Crippen LogP contribution in [-0.4, -0.2) is 27.3 Å². The first-order valence-corrected chi connectivity index (χ1v) is 5.69. The summed E-state index contributed by atoms with van der Waals surface area (Å²) in [5, 5.41) is 16.0. The summed E-state index contributed by atoms with van der Waals surface area (Å²) in [4.78, 5) is 0. The second-order valence-corrected chi connectivity index (χ2v) is 3.83. The Bertz CT molecular complexity index is 521. The summed E-state index contributed by atoms with van der Waals surface area (Å²) >= 11 is 0. The summed E-state index contributed by atoms with van der Waals surface area (Å²) in [5.74, 6) is 0.752. The minimum absolute atomic E-state index is 0.542. The fourth-order valence-corrected chi connectivity index (χ4v) is 1.56. The highest BCUT2D eigenvalue weighted by molar-refractivity contribution is 5.98. The standard InChI is InChI=1S/C13H15N3O2/c1-11(15-17)12-4-2-5-13(10-12)18-9-8-16-7-3-6-14-16/h2-7,10,17H,8-9H2,1H3/b15-11-. The van der Waals surface area contributed by atoms with Crippen LogP contribution in [0.15, 0.2) is 47.9 Å². The molecule has 1 aromatic heterocycles. The SMILES string of the molecule is C/C(=N/O)c1cccc(OCCn2cccn2)c1. The molecule has 0 aliphatic carbocycles. The molecule has 0 amide bonds. The van der Waals surface area contributed by atoms with E-state index in [4.69, 9.17) is 9.94 Å². The van der Waals surface area contributed by atoms with Crippen molar-refractivity contribution in [2.24, 2.45) is 5.16 Å². The molecule has 18 heavy (non-hydrogen) atoms. The molecule has 0 aliphatic rings. The minimum atomic E-state index is 0.542. The van der Waals surface area contributed by atoms with Crippen molar-refractivity contribution >= 4 is 5.71 Å². The maximum atomic E-state index is 8.72. The monoisotopic (exact) mass is 245 g/mol. The quantitative estimate of drug-likeness (QED) is 0.499. The molecule has 1 aromatic carbocycles. The van der Waals surface area contributed by atoms with Crippen LogP contribution in [0.25, 0.3) is 0 Å². The van der Waals surface area contributed by atoms with E-state index in [9.17, 15) is 0 Å². The van der Waals surface area contributed by atoms with Gasteiger partial charge in [0.15, 0.2) is 0 Å². The predicted octanol–water partition coefficient (Wildman–Crippen LogP) is 2.16. The molecule has 0 saturated carbocycles. The lowest BCUT2D eigenvalue weighted by molar-refractivity contribution is 0.291. The highest BCUT2D eigenvalue weighted by Gasteiger charge is 2.00. The van der Waals surface area contributed by atoms with E-state index in [0.29, 0.717) is 18.9 Å².